The zero-order chi connectivity index (χ0) is 27.9. The van der Waals surface area contributed by atoms with Crippen LogP contribution < -0.4 is 0 Å². The van der Waals surface area contributed by atoms with Crippen molar-refractivity contribution in [2.75, 3.05) is 0 Å². The molecule has 0 heterocycles. The van der Waals surface area contributed by atoms with Gasteiger partial charge in [-0.15, -0.1) is 0 Å². The van der Waals surface area contributed by atoms with E-state index in [0.29, 0.717) is 0 Å². The molecular weight excluding hydrogens is 504 g/mol. The molecule has 8 rings (SSSR count). The van der Waals surface area contributed by atoms with Gasteiger partial charge in [0.1, 0.15) is 0 Å². The first-order chi connectivity index (χ1) is 20.8. The molecule has 0 N–H and O–H groups in total. The summed E-state index contributed by atoms with van der Waals surface area (Å²) in [5, 5.41) is 7.61. The van der Waals surface area contributed by atoms with E-state index in [4.69, 9.17) is 0 Å². The van der Waals surface area contributed by atoms with Gasteiger partial charge in [-0.3, -0.25) is 0 Å². The molecule has 0 aliphatic heterocycles. The van der Waals surface area contributed by atoms with Crippen molar-refractivity contribution in [1.29, 1.82) is 0 Å². The van der Waals surface area contributed by atoms with E-state index in [1.807, 2.05) is 0 Å². The Labute approximate surface area is 246 Å². The first kappa shape index (κ1) is 24.3. The van der Waals surface area contributed by atoms with Gasteiger partial charge in [0.25, 0.3) is 0 Å². The Morgan fingerprint density at radius 3 is 1.17 bits per heavy atom. The van der Waals surface area contributed by atoms with Crippen molar-refractivity contribution in [3.8, 4) is 44.5 Å². The van der Waals surface area contributed by atoms with Crippen LogP contribution in [-0.2, 0) is 0 Å². The molecule has 0 fully saturated rings. The summed E-state index contributed by atoms with van der Waals surface area (Å²) >= 11 is 0. The lowest BCUT2D eigenvalue weighted by Gasteiger charge is -2.10. The van der Waals surface area contributed by atoms with Gasteiger partial charge in [0.15, 0.2) is 0 Å². The standard InChI is InChI=1S/C42H28/c1-2-8-35-26-36(21-18-29(35)6-1)30-12-14-31(15-13-30)37-22-24-40-28-38(23-25-39(40)27-37)32-16-19-34(20-17-32)42-11-5-9-33-7-3-4-10-41(33)42/h1-28H. The van der Waals surface area contributed by atoms with Gasteiger partial charge in [-0.05, 0) is 95.0 Å². The summed E-state index contributed by atoms with van der Waals surface area (Å²) in [5.74, 6) is 0. The van der Waals surface area contributed by atoms with Crippen LogP contribution in [0.4, 0.5) is 0 Å². The molecule has 0 aliphatic rings. The smallest absolute Gasteiger partial charge is 0.0105 e. The normalized spacial score (nSPS) is 11.3. The van der Waals surface area contributed by atoms with E-state index < -0.39 is 0 Å². The molecular formula is C42H28. The largest absolute Gasteiger partial charge is 0.0616 e. The third kappa shape index (κ3) is 4.44. The van der Waals surface area contributed by atoms with E-state index in [2.05, 4.69) is 170 Å². The van der Waals surface area contributed by atoms with Crippen LogP contribution in [0.3, 0.4) is 0 Å². The van der Waals surface area contributed by atoms with Crippen molar-refractivity contribution >= 4 is 32.3 Å². The highest BCUT2D eigenvalue weighted by Gasteiger charge is 2.07. The van der Waals surface area contributed by atoms with Gasteiger partial charge in [0, 0.05) is 0 Å². The Morgan fingerprint density at radius 2 is 0.595 bits per heavy atom. The predicted molar refractivity (Wildman–Crippen MR) is 181 cm³/mol. The summed E-state index contributed by atoms with van der Waals surface area (Å²) in [6.07, 6.45) is 0. The van der Waals surface area contributed by atoms with Gasteiger partial charge >= 0.3 is 0 Å². The van der Waals surface area contributed by atoms with Crippen LogP contribution in [0.5, 0.6) is 0 Å². The molecule has 0 bridgehead atoms. The van der Waals surface area contributed by atoms with Crippen LogP contribution in [0.25, 0.3) is 76.8 Å². The van der Waals surface area contributed by atoms with Gasteiger partial charge in [0.05, 0.1) is 0 Å². The molecule has 0 amide bonds. The minimum atomic E-state index is 1.23. The fourth-order valence-electron chi connectivity index (χ4n) is 6.15. The summed E-state index contributed by atoms with van der Waals surface area (Å²) in [6.45, 7) is 0. The Balaban J connectivity index is 1.06. The van der Waals surface area contributed by atoms with E-state index >= 15 is 0 Å². The molecule has 42 heavy (non-hydrogen) atoms. The predicted octanol–water partition coefficient (Wildman–Crippen LogP) is 11.8. The minimum Gasteiger partial charge on any atom is -0.0616 e. The molecule has 8 aromatic rings. The Kier molecular flexibility index (Phi) is 5.90. The second kappa shape index (κ2) is 10.2. The monoisotopic (exact) mass is 532 g/mol. The van der Waals surface area contributed by atoms with Gasteiger partial charge in [-0.2, -0.15) is 0 Å². The van der Waals surface area contributed by atoms with Crippen LogP contribution in [0.15, 0.2) is 170 Å². The summed E-state index contributed by atoms with van der Waals surface area (Å²) in [5.41, 5.74) is 9.93. The second-order valence-corrected chi connectivity index (χ2v) is 11.0. The maximum atomic E-state index is 2.30. The average Bonchev–Trinajstić information content (AvgIpc) is 3.07. The lowest BCUT2D eigenvalue weighted by atomic mass is 9.94. The van der Waals surface area contributed by atoms with Gasteiger partial charge in [-0.25, -0.2) is 0 Å². The molecule has 196 valence electrons. The summed E-state index contributed by atoms with van der Waals surface area (Å²) in [7, 11) is 0. The van der Waals surface area contributed by atoms with Gasteiger partial charge < -0.3 is 0 Å². The van der Waals surface area contributed by atoms with Crippen molar-refractivity contribution in [1.82, 2.24) is 0 Å². The van der Waals surface area contributed by atoms with Crippen molar-refractivity contribution < 1.29 is 0 Å². The summed E-state index contributed by atoms with van der Waals surface area (Å²) < 4.78 is 0. The molecule has 0 aliphatic carbocycles. The van der Waals surface area contributed by atoms with E-state index in [-0.39, 0.29) is 0 Å². The second-order valence-electron chi connectivity index (χ2n) is 11.0. The number of benzene rings is 8. The SMILES string of the molecule is c1ccc2cc(-c3ccc(-c4ccc5cc(-c6ccc(-c7cccc8ccccc78)cc6)ccc5c4)cc3)ccc2c1. The van der Waals surface area contributed by atoms with Crippen LogP contribution in [-0.4, -0.2) is 0 Å². The molecule has 0 saturated carbocycles. The number of fused-ring (bicyclic) bond motifs is 3. The Morgan fingerprint density at radius 1 is 0.214 bits per heavy atom. The van der Waals surface area contributed by atoms with Crippen molar-refractivity contribution in [2.45, 2.75) is 0 Å². The summed E-state index contributed by atoms with van der Waals surface area (Å²) in [6, 6.07) is 61.8. The van der Waals surface area contributed by atoms with Crippen LogP contribution in [0.2, 0.25) is 0 Å². The van der Waals surface area contributed by atoms with Crippen LogP contribution >= 0.6 is 0 Å². The highest BCUT2D eigenvalue weighted by Crippen LogP contribution is 2.33. The third-order valence-electron chi connectivity index (χ3n) is 8.46. The van der Waals surface area contributed by atoms with Crippen LogP contribution in [0.1, 0.15) is 0 Å². The van der Waals surface area contributed by atoms with E-state index in [0.717, 1.165) is 0 Å². The van der Waals surface area contributed by atoms with Crippen molar-refractivity contribution in [2.24, 2.45) is 0 Å². The zero-order valence-corrected chi connectivity index (χ0v) is 23.2. The van der Waals surface area contributed by atoms with Crippen molar-refractivity contribution in [3.63, 3.8) is 0 Å². The number of hydrogen-bond acceptors (Lipinski definition) is 0. The molecule has 0 atom stereocenters. The maximum Gasteiger partial charge on any atom is -0.0105 e. The maximum absolute atomic E-state index is 2.30. The average molecular weight is 533 g/mol. The Hall–Kier alpha value is -5.46. The molecule has 0 spiro atoms. The quantitative estimate of drug-likeness (QED) is 0.211. The minimum absolute atomic E-state index is 1.23. The molecule has 0 saturated heterocycles. The molecule has 0 aromatic heterocycles. The first-order valence-corrected chi connectivity index (χ1v) is 14.5. The van der Waals surface area contributed by atoms with E-state index in [1.165, 1.54) is 76.8 Å². The molecule has 8 aromatic carbocycles. The lowest BCUT2D eigenvalue weighted by Crippen LogP contribution is -1.84. The highest BCUT2D eigenvalue weighted by molar-refractivity contribution is 5.97. The molecule has 0 heteroatoms. The molecule has 0 nitrogen and oxygen atoms in total. The molecule has 0 radical (unpaired) electrons. The van der Waals surface area contributed by atoms with Gasteiger partial charge in [-0.1, -0.05) is 152 Å². The fraction of sp³-hybridized carbons (Fsp3) is 0. The van der Waals surface area contributed by atoms with E-state index in [9.17, 15) is 0 Å². The Bertz CT molecular complexity index is 2210. The van der Waals surface area contributed by atoms with Crippen molar-refractivity contribution in [3.05, 3.63) is 170 Å². The molecule has 0 unspecified atom stereocenters. The number of hydrogen-bond donors (Lipinski definition) is 0. The first-order valence-electron chi connectivity index (χ1n) is 14.5. The van der Waals surface area contributed by atoms with E-state index in [1.54, 1.807) is 0 Å². The van der Waals surface area contributed by atoms with Crippen LogP contribution in [0, 0.1) is 0 Å². The number of rotatable bonds is 4. The zero-order valence-electron chi connectivity index (χ0n) is 23.2. The lowest BCUT2D eigenvalue weighted by molar-refractivity contribution is 1.60. The van der Waals surface area contributed by atoms with Gasteiger partial charge in [0.2, 0.25) is 0 Å². The third-order valence-corrected chi connectivity index (χ3v) is 8.46. The topological polar surface area (TPSA) is 0 Å². The fourth-order valence-corrected chi connectivity index (χ4v) is 6.15. The highest BCUT2D eigenvalue weighted by atomic mass is 14.1. The summed E-state index contributed by atoms with van der Waals surface area (Å²) in [4.78, 5) is 0.